The number of oxazole rings is 1. The summed E-state index contributed by atoms with van der Waals surface area (Å²) >= 11 is 0. The molecule has 0 aliphatic rings. The van der Waals surface area contributed by atoms with Crippen LogP contribution in [-0.2, 0) is 6.54 Å². The van der Waals surface area contributed by atoms with E-state index in [0.717, 1.165) is 13.0 Å². The molecule has 0 saturated heterocycles. The molecule has 3 nitrogen and oxygen atoms in total. The Labute approximate surface area is 106 Å². The number of hydrogen-bond donors (Lipinski definition) is 1. The molecule has 0 atom stereocenters. The van der Waals surface area contributed by atoms with Crippen LogP contribution < -0.4 is 5.32 Å². The molecule has 1 aromatic heterocycles. The van der Waals surface area contributed by atoms with Crippen molar-refractivity contribution in [3.63, 3.8) is 0 Å². The van der Waals surface area contributed by atoms with Crippen LogP contribution in [0.15, 0.2) is 28.8 Å². The molecule has 96 valence electrons. The van der Waals surface area contributed by atoms with Crippen LogP contribution in [0.25, 0.3) is 11.3 Å². The van der Waals surface area contributed by atoms with Gasteiger partial charge in [-0.1, -0.05) is 19.1 Å². The van der Waals surface area contributed by atoms with E-state index in [0.29, 0.717) is 29.3 Å². The number of halogens is 1. The number of nitrogens with zero attached hydrogens (tertiary/aromatic N) is 1. The van der Waals surface area contributed by atoms with E-state index in [1.807, 2.05) is 6.07 Å². The van der Waals surface area contributed by atoms with Crippen LogP contribution in [0.1, 0.15) is 24.8 Å². The smallest absolute Gasteiger partial charge is 0.208 e. The SMILES string of the molecule is CCCNCc1ncc(-c2ccc(C)c(F)c2)o1. The molecule has 0 spiro atoms. The van der Waals surface area contributed by atoms with Crippen LogP contribution in [0.2, 0.25) is 0 Å². The van der Waals surface area contributed by atoms with Crippen molar-refractivity contribution < 1.29 is 8.81 Å². The maximum atomic E-state index is 13.4. The first-order valence-electron chi connectivity index (χ1n) is 6.12. The van der Waals surface area contributed by atoms with Crippen LogP contribution >= 0.6 is 0 Å². The molecular formula is C14H17FN2O. The highest BCUT2D eigenvalue weighted by molar-refractivity contribution is 5.56. The number of aromatic nitrogens is 1. The van der Waals surface area contributed by atoms with Gasteiger partial charge in [0.1, 0.15) is 5.82 Å². The summed E-state index contributed by atoms with van der Waals surface area (Å²) in [5, 5.41) is 3.21. The number of nitrogens with one attached hydrogen (secondary N) is 1. The molecule has 0 aliphatic carbocycles. The predicted molar refractivity (Wildman–Crippen MR) is 68.6 cm³/mol. The molecule has 1 N–H and O–H groups in total. The number of rotatable bonds is 5. The fraction of sp³-hybridized carbons (Fsp3) is 0.357. The number of benzene rings is 1. The zero-order valence-electron chi connectivity index (χ0n) is 10.7. The third-order valence-corrected chi connectivity index (χ3v) is 2.71. The predicted octanol–water partition coefficient (Wildman–Crippen LogP) is 3.29. The summed E-state index contributed by atoms with van der Waals surface area (Å²) in [5.74, 6) is 0.996. The molecule has 0 saturated carbocycles. The van der Waals surface area contributed by atoms with Gasteiger partial charge in [0, 0.05) is 5.56 Å². The topological polar surface area (TPSA) is 38.1 Å². The lowest BCUT2D eigenvalue weighted by Crippen LogP contribution is -2.13. The van der Waals surface area contributed by atoms with Gasteiger partial charge in [-0.2, -0.15) is 0 Å². The molecule has 18 heavy (non-hydrogen) atoms. The Kier molecular flexibility index (Phi) is 4.10. The van der Waals surface area contributed by atoms with Gasteiger partial charge in [0.15, 0.2) is 5.76 Å². The van der Waals surface area contributed by atoms with Crippen molar-refractivity contribution >= 4 is 0 Å². The van der Waals surface area contributed by atoms with Crippen LogP contribution in [0.5, 0.6) is 0 Å². The summed E-state index contributed by atoms with van der Waals surface area (Å²) in [7, 11) is 0. The Morgan fingerprint density at radius 1 is 1.39 bits per heavy atom. The lowest BCUT2D eigenvalue weighted by atomic mass is 10.1. The van der Waals surface area contributed by atoms with Crippen molar-refractivity contribution in [2.24, 2.45) is 0 Å². The van der Waals surface area contributed by atoms with Gasteiger partial charge < -0.3 is 9.73 Å². The highest BCUT2D eigenvalue weighted by Gasteiger charge is 2.08. The maximum absolute atomic E-state index is 13.4. The van der Waals surface area contributed by atoms with Crippen molar-refractivity contribution in [3.8, 4) is 11.3 Å². The summed E-state index contributed by atoms with van der Waals surface area (Å²) < 4.78 is 19.0. The molecule has 0 aliphatic heterocycles. The van der Waals surface area contributed by atoms with Crippen molar-refractivity contribution in [3.05, 3.63) is 41.7 Å². The lowest BCUT2D eigenvalue weighted by molar-refractivity contribution is 0.477. The fourth-order valence-electron chi connectivity index (χ4n) is 1.64. The first kappa shape index (κ1) is 12.8. The van der Waals surface area contributed by atoms with Gasteiger partial charge in [-0.3, -0.25) is 0 Å². The maximum Gasteiger partial charge on any atom is 0.208 e. The van der Waals surface area contributed by atoms with E-state index in [2.05, 4.69) is 17.2 Å². The molecule has 2 aromatic rings. The van der Waals surface area contributed by atoms with Gasteiger partial charge in [0.25, 0.3) is 0 Å². The van der Waals surface area contributed by atoms with E-state index in [1.165, 1.54) is 6.07 Å². The molecule has 0 bridgehead atoms. The van der Waals surface area contributed by atoms with Gasteiger partial charge in [-0.15, -0.1) is 0 Å². The van der Waals surface area contributed by atoms with E-state index < -0.39 is 0 Å². The Morgan fingerprint density at radius 2 is 2.22 bits per heavy atom. The standard InChI is InChI=1S/C14H17FN2O/c1-3-6-16-9-14-17-8-13(18-14)11-5-4-10(2)12(15)7-11/h4-5,7-8,16H,3,6,9H2,1-2H3. The van der Waals surface area contributed by atoms with Gasteiger partial charge >= 0.3 is 0 Å². The average Bonchev–Trinajstić information content (AvgIpc) is 2.82. The van der Waals surface area contributed by atoms with E-state index >= 15 is 0 Å². The Hall–Kier alpha value is -1.68. The monoisotopic (exact) mass is 248 g/mol. The van der Waals surface area contributed by atoms with Crippen molar-refractivity contribution in [1.29, 1.82) is 0 Å². The fourth-order valence-corrected chi connectivity index (χ4v) is 1.64. The molecule has 2 rings (SSSR count). The second-order valence-corrected chi connectivity index (χ2v) is 4.26. The van der Waals surface area contributed by atoms with E-state index in [1.54, 1.807) is 19.2 Å². The summed E-state index contributed by atoms with van der Waals surface area (Å²) in [6.07, 6.45) is 2.70. The number of hydrogen-bond acceptors (Lipinski definition) is 3. The third-order valence-electron chi connectivity index (χ3n) is 2.71. The zero-order chi connectivity index (χ0) is 13.0. The van der Waals surface area contributed by atoms with Crippen LogP contribution in [0.3, 0.4) is 0 Å². The molecule has 0 fully saturated rings. The van der Waals surface area contributed by atoms with Gasteiger partial charge in [-0.05, 0) is 31.5 Å². The summed E-state index contributed by atoms with van der Waals surface area (Å²) in [4.78, 5) is 4.16. The zero-order valence-corrected chi connectivity index (χ0v) is 10.7. The first-order chi connectivity index (χ1) is 8.70. The van der Waals surface area contributed by atoms with Gasteiger partial charge in [-0.25, -0.2) is 9.37 Å². The van der Waals surface area contributed by atoms with Crippen LogP contribution in [0.4, 0.5) is 4.39 Å². The molecule has 1 aromatic carbocycles. The Morgan fingerprint density at radius 3 is 2.94 bits per heavy atom. The van der Waals surface area contributed by atoms with E-state index in [-0.39, 0.29) is 5.82 Å². The van der Waals surface area contributed by atoms with Gasteiger partial charge in [0.2, 0.25) is 5.89 Å². The van der Waals surface area contributed by atoms with Crippen molar-refractivity contribution in [1.82, 2.24) is 10.3 Å². The highest BCUT2D eigenvalue weighted by atomic mass is 19.1. The average molecular weight is 248 g/mol. The van der Waals surface area contributed by atoms with Gasteiger partial charge in [0.05, 0.1) is 12.7 Å². The minimum Gasteiger partial charge on any atom is -0.439 e. The molecule has 1 heterocycles. The highest BCUT2D eigenvalue weighted by Crippen LogP contribution is 2.22. The molecule has 0 unspecified atom stereocenters. The first-order valence-corrected chi connectivity index (χ1v) is 6.12. The molecule has 4 heteroatoms. The summed E-state index contributed by atoms with van der Waals surface area (Å²) in [5.41, 5.74) is 1.34. The normalized spacial score (nSPS) is 10.8. The van der Waals surface area contributed by atoms with Crippen molar-refractivity contribution in [2.45, 2.75) is 26.8 Å². The quantitative estimate of drug-likeness (QED) is 0.825. The third kappa shape index (κ3) is 2.96. The summed E-state index contributed by atoms with van der Waals surface area (Å²) in [6, 6.07) is 5.05. The molecular weight excluding hydrogens is 231 g/mol. The Bertz CT molecular complexity index is 522. The van der Waals surface area contributed by atoms with Crippen LogP contribution in [-0.4, -0.2) is 11.5 Å². The lowest BCUT2D eigenvalue weighted by Gasteiger charge is -2.00. The number of aryl methyl sites for hydroxylation is 1. The minimum absolute atomic E-state index is 0.227. The second-order valence-electron chi connectivity index (χ2n) is 4.26. The van der Waals surface area contributed by atoms with Crippen molar-refractivity contribution in [2.75, 3.05) is 6.54 Å². The summed E-state index contributed by atoms with van der Waals surface area (Å²) in [6.45, 7) is 5.36. The Balaban J connectivity index is 2.11. The van der Waals surface area contributed by atoms with E-state index in [4.69, 9.17) is 4.42 Å². The molecule has 0 amide bonds. The van der Waals surface area contributed by atoms with Crippen LogP contribution in [0, 0.1) is 12.7 Å². The largest absolute Gasteiger partial charge is 0.439 e. The van der Waals surface area contributed by atoms with E-state index in [9.17, 15) is 4.39 Å². The second kappa shape index (κ2) is 5.78. The molecule has 0 radical (unpaired) electrons. The minimum atomic E-state index is -0.227.